The predicted octanol–water partition coefficient (Wildman–Crippen LogP) is 3.03. The number of nitrogens with zero attached hydrogens (tertiary/aromatic N) is 2. The number of hydrogen-bond donors (Lipinski definition) is 0. The summed E-state index contributed by atoms with van der Waals surface area (Å²) in [6.07, 6.45) is 0.237. The molecule has 0 saturated heterocycles. The number of hydrogen-bond acceptors (Lipinski definition) is 4. The van der Waals surface area contributed by atoms with Crippen LogP contribution in [0.2, 0.25) is 0 Å². The fourth-order valence-corrected chi connectivity index (χ4v) is 1.96. The lowest BCUT2D eigenvalue weighted by Crippen LogP contribution is -2.48. The Hall–Kier alpha value is -2.04. The van der Waals surface area contributed by atoms with Crippen LogP contribution in [-0.4, -0.2) is 44.0 Å². The molecule has 22 heavy (non-hydrogen) atoms. The molecule has 5 heteroatoms. The van der Waals surface area contributed by atoms with Crippen LogP contribution in [0.3, 0.4) is 0 Å². The molecule has 1 amide bonds. The first-order valence-corrected chi connectivity index (χ1v) is 7.22. The third-order valence-electron chi connectivity index (χ3n) is 3.56. The van der Waals surface area contributed by atoms with E-state index in [1.165, 1.54) is 4.90 Å². The van der Waals surface area contributed by atoms with E-state index in [2.05, 4.69) is 0 Å². The third kappa shape index (κ3) is 4.00. The van der Waals surface area contributed by atoms with Gasteiger partial charge in [-0.25, -0.2) is 4.79 Å². The van der Waals surface area contributed by atoms with Crippen molar-refractivity contribution < 1.29 is 14.3 Å². The van der Waals surface area contributed by atoms with Gasteiger partial charge >= 0.3 is 6.09 Å². The average molecular weight is 306 g/mol. The molecule has 0 heterocycles. The smallest absolute Gasteiger partial charge is 0.411 e. The van der Waals surface area contributed by atoms with Crippen LogP contribution in [0.5, 0.6) is 0 Å². The Bertz CT molecular complexity index is 532. The molecular formula is C17H26N2O3. The first-order valence-electron chi connectivity index (χ1n) is 7.22. The number of rotatable bonds is 4. The number of anilines is 1. The Balaban J connectivity index is 3.09. The largest absolute Gasteiger partial charge is 0.444 e. The quantitative estimate of drug-likeness (QED) is 0.802. The van der Waals surface area contributed by atoms with Gasteiger partial charge in [0.25, 0.3) is 0 Å². The van der Waals surface area contributed by atoms with Crippen molar-refractivity contribution in [2.75, 3.05) is 26.0 Å². The van der Waals surface area contributed by atoms with Crippen LogP contribution in [-0.2, 0) is 15.1 Å². The minimum absolute atomic E-state index is 0.529. The van der Waals surface area contributed by atoms with Gasteiger partial charge < -0.3 is 14.4 Å². The summed E-state index contributed by atoms with van der Waals surface area (Å²) in [7, 11) is 5.46. The summed E-state index contributed by atoms with van der Waals surface area (Å²) < 4.78 is 5.35. The molecule has 0 aliphatic rings. The van der Waals surface area contributed by atoms with Gasteiger partial charge in [0.05, 0.1) is 0 Å². The molecule has 0 aliphatic carbocycles. The number of amides is 1. The first kappa shape index (κ1) is 18.0. The van der Waals surface area contributed by atoms with Gasteiger partial charge in [0, 0.05) is 26.8 Å². The molecule has 1 aromatic rings. The summed E-state index contributed by atoms with van der Waals surface area (Å²) in [5, 5.41) is 0. The van der Waals surface area contributed by atoms with Gasteiger partial charge in [-0.05, 0) is 45.4 Å². The minimum Gasteiger partial charge on any atom is -0.444 e. The fourth-order valence-electron chi connectivity index (χ4n) is 1.96. The van der Waals surface area contributed by atoms with E-state index in [9.17, 15) is 9.59 Å². The van der Waals surface area contributed by atoms with Crippen LogP contribution in [0, 0.1) is 0 Å². The zero-order chi connectivity index (χ0) is 17.1. The number of ether oxygens (including phenoxy) is 1. The van der Waals surface area contributed by atoms with Crippen LogP contribution < -0.4 is 4.90 Å². The fraction of sp³-hybridized carbons (Fsp3) is 0.529. The molecule has 1 atom stereocenters. The summed E-state index contributed by atoms with van der Waals surface area (Å²) >= 11 is 0. The van der Waals surface area contributed by atoms with Gasteiger partial charge in [-0.1, -0.05) is 12.1 Å². The SMILES string of the molecule is CN(C)c1ccc(C(C)(C=O)N(C)C(=O)OC(C)(C)C)cc1. The van der Waals surface area contributed by atoms with Crippen LogP contribution in [0.25, 0.3) is 0 Å². The van der Waals surface area contributed by atoms with E-state index in [0.29, 0.717) is 0 Å². The highest BCUT2D eigenvalue weighted by Gasteiger charge is 2.36. The van der Waals surface area contributed by atoms with E-state index < -0.39 is 17.2 Å². The summed E-state index contributed by atoms with van der Waals surface area (Å²) in [4.78, 5) is 27.2. The van der Waals surface area contributed by atoms with E-state index in [1.54, 1.807) is 34.7 Å². The number of aldehydes is 1. The van der Waals surface area contributed by atoms with E-state index >= 15 is 0 Å². The Kier molecular flexibility index (Phi) is 5.22. The maximum Gasteiger partial charge on any atom is 0.411 e. The van der Waals surface area contributed by atoms with Gasteiger partial charge in [0.15, 0.2) is 0 Å². The molecule has 0 spiro atoms. The van der Waals surface area contributed by atoms with Crippen molar-refractivity contribution in [2.45, 2.75) is 38.8 Å². The molecule has 0 N–H and O–H groups in total. The molecule has 0 fully saturated rings. The van der Waals surface area contributed by atoms with E-state index in [1.807, 2.05) is 43.3 Å². The Labute approximate surface area is 132 Å². The number of likely N-dealkylation sites (N-methyl/N-ethyl adjacent to an activating group) is 1. The monoisotopic (exact) mass is 306 g/mol. The van der Waals surface area contributed by atoms with Gasteiger partial charge in [0.2, 0.25) is 0 Å². The van der Waals surface area contributed by atoms with Crippen LogP contribution in [0.1, 0.15) is 33.3 Å². The standard InChI is InChI=1S/C17H26N2O3/c1-16(2,3)22-15(21)19(7)17(4,12-20)13-8-10-14(11-9-13)18(5)6/h8-12H,1-7H3. The second kappa shape index (κ2) is 6.38. The van der Waals surface area contributed by atoms with Gasteiger partial charge in [-0.2, -0.15) is 0 Å². The van der Waals surface area contributed by atoms with Gasteiger partial charge in [-0.15, -0.1) is 0 Å². The maximum absolute atomic E-state index is 12.2. The molecule has 122 valence electrons. The van der Waals surface area contributed by atoms with Crippen molar-refractivity contribution in [3.05, 3.63) is 29.8 Å². The van der Waals surface area contributed by atoms with E-state index in [-0.39, 0.29) is 0 Å². The molecule has 0 saturated carbocycles. The van der Waals surface area contributed by atoms with Gasteiger partial charge in [0.1, 0.15) is 17.4 Å². The molecule has 0 aromatic heterocycles. The zero-order valence-corrected chi connectivity index (χ0v) is 14.5. The second-order valence-corrected chi connectivity index (χ2v) is 6.75. The molecule has 1 rings (SSSR count). The van der Waals surface area contributed by atoms with Crippen molar-refractivity contribution in [1.82, 2.24) is 4.90 Å². The molecule has 0 bridgehead atoms. The van der Waals surface area contributed by atoms with Crippen molar-refractivity contribution in [2.24, 2.45) is 0 Å². The van der Waals surface area contributed by atoms with E-state index in [4.69, 9.17) is 4.74 Å². The molecule has 0 radical (unpaired) electrons. The lowest BCUT2D eigenvalue weighted by atomic mass is 9.92. The van der Waals surface area contributed by atoms with Gasteiger partial charge in [-0.3, -0.25) is 4.90 Å². The number of carbonyl (C=O) groups excluding carboxylic acids is 2. The zero-order valence-electron chi connectivity index (χ0n) is 14.5. The summed E-state index contributed by atoms with van der Waals surface area (Å²) in [6.45, 7) is 7.09. The summed E-state index contributed by atoms with van der Waals surface area (Å²) in [6, 6.07) is 7.54. The topological polar surface area (TPSA) is 49.9 Å². The van der Waals surface area contributed by atoms with Crippen molar-refractivity contribution >= 4 is 18.1 Å². The Morgan fingerprint density at radius 3 is 1.91 bits per heavy atom. The normalized spacial score (nSPS) is 14.0. The van der Waals surface area contributed by atoms with Crippen LogP contribution in [0.15, 0.2) is 24.3 Å². The number of carbonyl (C=O) groups is 2. The average Bonchev–Trinajstić information content (AvgIpc) is 2.43. The molecular weight excluding hydrogens is 280 g/mol. The van der Waals surface area contributed by atoms with E-state index in [0.717, 1.165) is 17.5 Å². The minimum atomic E-state index is -1.08. The summed E-state index contributed by atoms with van der Waals surface area (Å²) in [5.41, 5.74) is 0.0789. The Morgan fingerprint density at radius 2 is 1.55 bits per heavy atom. The predicted molar refractivity (Wildman–Crippen MR) is 88.2 cm³/mol. The molecule has 1 unspecified atom stereocenters. The molecule has 0 aliphatic heterocycles. The Morgan fingerprint density at radius 1 is 1.05 bits per heavy atom. The second-order valence-electron chi connectivity index (χ2n) is 6.75. The van der Waals surface area contributed by atoms with Crippen molar-refractivity contribution in [3.8, 4) is 0 Å². The highest BCUT2D eigenvalue weighted by molar-refractivity contribution is 5.78. The third-order valence-corrected chi connectivity index (χ3v) is 3.56. The number of benzene rings is 1. The van der Waals surface area contributed by atoms with Crippen LogP contribution in [0.4, 0.5) is 10.5 Å². The van der Waals surface area contributed by atoms with Crippen molar-refractivity contribution in [1.29, 1.82) is 0 Å². The lowest BCUT2D eigenvalue weighted by molar-refractivity contribution is -0.117. The maximum atomic E-state index is 12.2. The highest BCUT2D eigenvalue weighted by atomic mass is 16.6. The molecule has 5 nitrogen and oxygen atoms in total. The summed E-state index contributed by atoms with van der Waals surface area (Å²) in [5.74, 6) is 0. The molecule has 1 aromatic carbocycles. The lowest BCUT2D eigenvalue weighted by Gasteiger charge is -2.35. The van der Waals surface area contributed by atoms with Crippen molar-refractivity contribution in [3.63, 3.8) is 0 Å². The first-order chi connectivity index (χ1) is 10.0. The highest BCUT2D eigenvalue weighted by Crippen LogP contribution is 2.28. The van der Waals surface area contributed by atoms with Crippen LogP contribution >= 0.6 is 0 Å².